The molecule has 0 aliphatic rings. The minimum Gasteiger partial charge on any atom is -0.444 e. The van der Waals surface area contributed by atoms with Gasteiger partial charge in [-0.3, -0.25) is 20.4 Å². The molecule has 0 bridgehead atoms. The highest BCUT2D eigenvalue weighted by molar-refractivity contribution is 9.10. The minimum absolute atomic E-state index is 0.114. The molecule has 0 radical (unpaired) electrons. The second-order valence-electron chi connectivity index (χ2n) is 4.63. The van der Waals surface area contributed by atoms with Crippen LogP contribution in [0.25, 0.3) is 0 Å². The van der Waals surface area contributed by atoms with E-state index in [1.807, 2.05) is 30.3 Å². The van der Waals surface area contributed by atoms with E-state index in [4.69, 9.17) is 16.6 Å². The summed E-state index contributed by atoms with van der Waals surface area (Å²) >= 11 is 8.14. The van der Waals surface area contributed by atoms with Gasteiger partial charge in [0.2, 0.25) is 0 Å². The zero-order valence-electron chi connectivity index (χ0n) is 12.5. The van der Waals surface area contributed by atoms with Crippen molar-refractivity contribution in [2.45, 2.75) is 6.54 Å². The number of furan rings is 1. The Kier molecular flexibility index (Phi) is 6.76. The zero-order valence-corrected chi connectivity index (χ0v) is 14.9. The molecule has 24 heavy (non-hydrogen) atoms. The zero-order chi connectivity index (χ0) is 17.4. The largest absolute Gasteiger partial charge is 0.444 e. The Labute approximate surface area is 152 Å². The lowest BCUT2D eigenvalue weighted by molar-refractivity contribution is -0.120. The van der Waals surface area contributed by atoms with Crippen LogP contribution in [0.2, 0.25) is 0 Å². The van der Waals surface area contributed by atoms with Gasteiger partial charge in [0.1, 0.15) is 0 Å². The molecule has 0 fully saturated rings. The lowest BCUT2D eigenvalue weighted by Crippen LogP contribution is -2.49. The van der Waals surface area contributed by atoms with Crippen molar-refractivity contribution in [1.82, 2.24) is 21.5 Å². The summed E-state index contributed by atoms with van der Waals surface area (Å²) in [4.78, 5) is 23.3. The molecular formula is C15H15BrN4O3S. The van der Waals surface area contributed by atoms with Gasteiger partial charge in [0.25, 0.3) is 11.8 Å². The Hall–Kier alpha value is -2.39. The summed E-state index contributed by atoms with van der Waals surface area (Å²) in [6.07, 6.45) is 0. The van der Waals surface area contributed by atoms with Gasteiger partial charge in [-0.2, -0.15) is 0 Å². The highest BCUT2D eigenvalue weighted by Crippen LogP contribution is 2.13. The first-order valence-electron chi connectivity index (χ1n) is 6.95. The molecule has 2 aromatic rings. The normalized spacial score (nSPS) is 9.88. The Morgan fingerprint density at radius 2 is 1.79 bits per heavy atom. The molecule has 1 aromatic carbocycles. The van der Waals surface area contributed by atoms with Gasteiger partial charge < -0.3 is 15.1 Å². The maximum Gasteiger partial charge on any atom is 0.287 e. The van der Waals surface area contributed by atoms with Crippen molar-refractivity contribution in [1.29, 1.82) is 0 Å². The van der Waals surface area contributed by atoms with Gasteiger partial charge in [-0.15, -0.1) is 0 Å². The number of carbonyl (C=O) groups is 2. The lowest BCUT2D eigenvalue weighted by atomic mass is 10.2. The summed E-state index contributed by atoms with van der Waals surface area (Å²) < 4.78 is 5.51. The van der Waals surface area contributed by atoms with Crippen molar-refractivity contribution in [3.63, 3.8) is 0 Å². The topological polar surface area (TPSA) is 95.4 Å². The number of benzene rings is 1. The minimum atomic E-state index is -0.486. The fraction of sp³-hybridized carbons (Fsp3) is 0.133. The van der Waals surface area contributed by atoms with E-state index in [1.54, 1.807) is 6.07 Å². The van der Waals surface area contributed by atoms with Crippen LogP contribution in [0.3, 0.4) is 0 Å². The summed E-state index contributed by atoms with van der Waals surface area (Å²) in [6.45, 7) is 0.318. The number of hydrogen-bond acceptors (Lipinski definition) is 4. The third-order valence-electron chi connectivity index (χ3n) is 2.82. The molecule has 126 valence electrons. The average molecular weight is 411 g/mol. The number of thiocarbonyl (C=S) groups is 1. The van der Waals surface area contributed by atoms with Gasteiger partial charge in [-0.05, 0) is 45.8 Å². The average Bonchev–Trinajstić information content (AvgIpc) is 3.03. The van der Waals surface area contributed by atoms with Gasteiger partial charge in [-0.25, -0.2) is 0 Å². The SMILES string of the molecule is O=C(CNC(=O)c1ccc(Br)o1)NNC(=S)NCc1ccccc1. The summed E-state index contributed by atoms with van der Waals surface area (Å²) in [7, 11) is 0. The maximum absolute atomic E-state index is 11.7. The van der Waals surface area contributed by atoms with Crippen LogP contribution in [0, 0.1) is 0 Å². The van der Waals surface area contributed by atoms with E-state index >= 15 is 0 Å². The Morgan fingerprint density at radius 1 is 1.04 bits per heavy atom. The van der Waals surface area contributed by atoms with Crippen LogP contribution in [0.4, 0.5) is 0 Å². The Morgan fingerprint density at radius 3 is 2.46 bits per heavy atom. The number of rotatable bonds is 5. The molecule has 0 saturated heterocycles. The first kappa shape index (κ1) is 18.0. The van der Waals surface area contributed by atoms with E-state index < -0.39 is 11.8 Å². The fourth-order valence-electron chi connectivity index (χ4n) is 1.68. The smallest absolute Gasteiger partial charge is 0.287 e. The van der Waals surface area contributed by atoms with Crippen LogP contribution in [0.1, 0.15) is 16.1 Å². The third kappa shape index (κ3) is 6.01. The van der Waals surface area contributed by atoms with Crippen LogP contribution in [0.5, 0.6) is 0 Å². The predicted molar refractivity (Wildman–Crippen MR) is 95.9 cm³/mol. The quantitative estimate of drug-likeness (QED) is 0.440. The van der Waals surface area contributed by atoms with E-state index in [2.05, 4.69) is 37.4 Å². The number of halogens is 1. The van der Waals surface area contributed by atoms with Crippen LogP contribution in [0.15, 0.2) is 51.6 Å². The Bertz CT molecular complexity index is 721. The molecular weight excluding hydrogens is 396 g/mol. The first-order chi connectivity index (χ1) is 11.5. The molecule has 0 aliphatic carbocycles. The maximum atomic E-state index is 11.7. The van der Waals surface area contributed by atoms with E-state index in [-0.39, 0.29) is 17.4 Å². The van der Waals surface area contributed by atoms with Crippen molar-refractivity contribution in [2.75, 3.05) is 6.54 Å². The Balaban J connectivity index is 1.63. The van der Waals surface area contributed by atoms with E-state index in [9.17, 15) is 9.59 Å². The van der Waals surface area contributed by atoms with Crippen molar-refractivity contribution in [2.24, 2.45) is 0 Å². The van der Waals surface area contributed by atoms with Gasteiger partial charge in [0.15, 0.2) is 15.5 Å². The summed E-state index contributed by atoms with van der Waals surface area (Å²) in [6, 6.07) is 12.8. The molecule has 2 amide bonds. The molecule has 0 aliphatic heterocycles. The number of amides is 2. The number of hydrazine groups is 1. The molecule has 7 nitrogen and oxygen atoms in total. The van der Waals surface area contributed by atoms with Crippen LogP contribution in [-0.4, -0.2) is 23.5 Å². The van der Waals surface area contributed by atoms with Crippen molar-refractivity contribution in [3.05, 3.63) is 58.5 Å². The van der Waals surface area contributed by atoms with Crippen molar-refractivity contribution < 1.29 is 14.0 Å². The van der Waals surface area contributed by atoms with Crippen molar-refractivity contribution >= 4 is 45.1 Å². The van der Waals surface area contributed by atoms with Gasteiger partial charge >= 0.3 is 0 Å². The predicted octanol–water partition coefficient (Wildman–Crippen LogP) is 1.47. The van der Waals surface area contributed by atoms with Gasteiger partial charge in [0, 0.05) is 6.54 Å². The molecule has 2 rings (SSSR count). The molecule has 0 saturated carbocycles. The molecule has 1 aromatic heterocycles. The number of nitrogens with one attached hydrogen (secondary N) is 4. The number of carbonyl (C=O) groups excluding carboxylic acids is 2. The van der Waals surface area contributed by atoms with Crippen LogP contribution < -0.4 is 21.5 Å². The fourth-order valence-corrected chi connectivity index (χ4v) is 2.11. The second kappa shape index (κ2) is 9.04. The molecule has 0 atom stereocenters. The summed E-state index contributed by atoms with van der Waals surface area (Å²) in [5.41, 5.74) is 6.00. The summed E-state index contributed by atoms with van der Waals surface area (Å²) in [5, 5.41) is 5.64. The summed E-state index contributed by atoms with van der Waals surface area (Å²) in [5.74, 6) is -0.818. The second-order valence-corrected chi connectivity index (χ2v) is 5.82. The molecule has 0 unspecified atom stereocenters. The lowest BCUT2D eigenvalue weighted by Gasteiger charge is -2.11. The third-order valence-corrected chi connectivity index (χ3v) is 3.49. The molecule has 4 N–H and O–H groups in total. The highest BCUT2D eigenvalue weighted by Gasteiger charge is 2.11. The van der Waals surface area contributed by atoms with Crippen molar-refractivity contribution in [3.8, 4) is 0 Å². The molecule has 1 heterocycles. The van der Waals surface area contributed by atoms with E-state index in [0.717, 1.165) is 5.56 Å². The monoisotopic (exact) mass is 410 g/mol. The van der Waals surface area contributed by atoms with Crippen LogP contribution in [-0.2, 0) is 11.3 Å². The molecule has 0 spiro atoms. The standard InChI is InChI=1S/C15H15BrN4O3S/c16-12-7-6-11(23-12)14(22)17-9-13(21)19-20-15(24)18-8-10-4-2-1-3-5-10/h1-7H,8-9H2,(H,17,22)(H,19,21)(H2,18,20,24). The molecule has 9 heteroatoms. The highest BCUT2D eigenvalue weighted by atomic mass is 79.9. The number of hydrogen-bond donors (Lipinski definition) is 4. The first-order valence-corrected chi connectivity index (χ1v) is 8.15. The van der Waals surface area contributed by atoms with Gasteiger partial charge in [-0.1, -0.05) is 30.3 Å². The van der Waals surface area contributed by atoms with E-state index in [1.165, 1.54) is 6.07 Å². The van der Waals surface area contributed by atoms with E-state index in [0.29, 0.717) is 11.2 Å². The van der Waals surface area contributed by atoms with Crippen LogP contribution >= 0.6 is 28.1 Å². The van der Waals surface area contributed by atoms with Gasteiger partial charge in [0.05, 0.1) is 6.54 Å².